The molecule has 1 saturated heterocycles. The maximum absolute atomic E-state index is 12.1. The van der Waals surface area contributed by atoms with Crippen molar-refractivity contribution >= 4 is 5.91 Å². The van der Waals surface area contributed by atoms with Crippen LogP contribution in [0.15, 0.2) is 24.3 Å². The van der Waals surface area contributed by atoms with Crippen LogP contribution in [0.4, 0.5) is 0 Å². The fourth-order valence-corrected chi connectivity index (χ4v) is 2.80. The molecule has 0 radical (unpaired) electrons. The summed E-state index contributed by atoms with van der Waals surface area (Å²) in [7, 11) is 5.48. The van der Waals surface area contributed by atoms with Gasteiger partial charge >= 0.3 is 0 Å². The molecule has 19 heavy (non-hydrogen) atoms. The molecule has 4 nitrogen and oxygen atoms in total. The highest BCUT2D eigenvalue weighted by Gasteiger charge is 2.38. The SMILES string of the molecule is CNCC1(c2ccc(OC)cc2)CCN(C)C(=O)C1. The van der Waals surface area contributed by atoms with Crippen LogP contribution in [0.2, 0.25) is 0 Å². The van der Waals surface area contributed by atoms with E-state index in [1.54, 1.807) is 7.11 Å². The summed E-state index contributed by atoms with van der Waals surface area (Å²) in [6, 6.07) is 8.09. The van der Waals surface area contributed by atoms with Gasteiger partial charge in [-0.3, -0.25) is 4.79 Å². The molecule has 1 aromatic carbocycles. The summed E-state index contributed by atoms with van der Waals surface area (Å²) in [5.41, 5.74) is 1.12. The number of carbonyl (C=O) groups excluding carboxylic acids is 1. The van der Waals surface area contributed by atoms with Crippen molar-refractivity contribution in [1.82, 2.24) is 10.2 Å². The van der Waals surface area contributed by atoms with Gasteiger partial charge in [-0.25, -0.2) is 0 Å². The van der Waals surface area contributed by atoms with Crippen molar-refractivity contribution in [3.63, 3.8) is 0 Å². The number of carbonyl (C=O) groups is 1. The quantitative estimate of drug-likeness (QED) is 0.892. The molecule has 104 valence electrons. The number of hydrogen-bond donors (Lipinski definition) is 1. The van der Waals surface area contributed by atoms with E-state index in [0.717, 1.165) is 25.3 Å². The number of benzene rings is 1. The van der Waals surface area contributed by atoms with Crippen LogP contribution >= 0.6 is 0 Å². The first-order valence-corrected chi connectivity index (χ1v) is 6.64. The first-order chi connectivity index (χ1) is 9.11. The number of hydrogen-bond acceptors (Lipinski definition) is 3. The third-order valence-corrected chi connectivity index (χ3v) is 4.06. The van der Waals surface area contributed by atoms with Gasteiger partial charge in [-0.2, -0.15) is 0 Å². The Morgan fingerprint density at radius 2 is 2.05 bits per heavy atom. The minimum Gasteiger partial charge on any atom is -0.497 e. The average molecular weight is 262 g/mol. The van der Waals surface area contributed by atoms with E-state index in [2.05, 4.69) is 17.4 Å². The fraction of sp³-hybridized carbons (Fsp3) is 0.533. The van der Waals surface area contributed by atoms with Crippen LogP contribution in [0.25, 0.3) is 0 Å². The molecule has 4 heteroatoms. The Labute approximate surface area is 114 Å². The molecule has 1 unspecified atom stereocenters. The predicted molar refractivity (Wildman–Crippen MR) is 75.5 cm³/mol. The number of ether oxygens (including phenoxy) is 1. The van der Waals surface area contributed by atoms with Crippen LogP contribution in [0.3, 0.4) is 0 Å². The van der Waals surface area contributed by atoms with Crippen LogP contribution < -0.4 is 10.1 Å². The molecule has 1 aromatic rings. The molecule has 1 atom stereocenters. The molecule has 1 amide bonds. The lowest BCUT2D eigenvalue weighted by molar-refractivity contribution is -0.134. The van der Waals surface area contributed by atoms with Crippen molar-refractivity contribution in [3.8, 4) is 5.75 Å². The molecule has 1 N–H and O–H groups in total. The second-order valence-corrected chi connectivity index (χ2v) is 5.28. The van der Waals surface area contributed by atoms with Gasteiger partial charge in [-0.05, 0) is 31.2 Å². The summed E-state index contributed by atoms with van der Waals surface area (Å²) in [5.74, 6) is 1.07. The van der Waals surface area contributed by atoms with E-state index in [0.29, 0.717) is 6.42 Å². The van der Waals surface area contributed by atoms with Crippen molar-refractivity contribution in [2.75, 3.05) is 34.3 Å². The van der Waals surface area contributed by atoms with Crippen molar-refractivity contribution in [3.05, 3.63) is 29.8 Å². The molecule has 0 aliphatic carbocycles. The molecule has 0 bridgehead atoms. The fourth-order valence-electron chi connectivity index (χ4n) is 2.80. The first kappa shape index (κ1) is 13.9. The van der Waals surface area contributed by atoms with Crippen molar-refractivity contribution < 1.29 is 9.53 Å². The van der Waals surface area contributed by atoms with Crippen LogP contribution in [-0.4, -0.2) is 45.1 Å². The molecule has 1 heterocycles. The minimum absolute atomic E-state index is 0.0926. The number of nitrogens with zero attached hydrogens (tertiary/aromatic N) is 1. The van der Waals surface area contributed by atoms with Gasteiger partial charge in [0.2, 0.25) is 5.91 Å². The molecule has 0 aromatic heterocycles. The zero-order chi connectivity index (χ0) is 13.9. The number of rotatable bonds is 4. The first-order valence-electron chi connectivity index (χ1n) is 6.64. The van der Waals surface area contributed by atoms with E-state index in [9.17, 15) is 4.79 Å². The summed E-state index contributed by atoms with van der Waals surface area (Å²) >= 11 is 0. The Balaban J connectivity index is 2.30. The van der Waals surface area contributed by atoms with E-state index < -0.39 is 0 Å². The number of amides is 1. The molecular formula is C15H22N2O2. The van der Waals surface area contributed by atoms with Gasteiger partial charge in [0.1, 0.15) is 5.75 Å². The topological polar surface area (TPSA) is 41.6 Å². The molecule has 2 rings (SSSR count). The average Bonchev–Trinajstić information content (AvgIpc) is 2.43. The molecular weight excluding hydrogens is 240 g/mol. The molecule has 0 spiro atoms. The molecule has 1 fully saturated rings. The Bertz CT molecular complexity index is 444. The van der Waals surface area contributed by atoms with Crippen LogP contribution in [0.5, 0.6) is 5.75 Å². The summed E-state index contributed by atoms with van der Waals surface area (Å²) in [4.78, 5) is 13.9. The number of nitrogens with one attached hydrogen (secondary N) is 1. The van der Waals surface area contributed by atoms with Gasteiger partial charge in [0.15, 0.2) is 0 Å². The summed E-state index contributed by atoms with van der Waals surface area (Å²) in [6.45, 7) is 1.63. The third kappa shape index (κ3) is 2.73. The van der Waals surface area contributed by atoms with Gasteiger partial charge in [0.25, 0.3) is 0 Å². The molecule has 1 aliphatic rings. The Kier molecular flexibility index (Phi) is 4.10. The lowest BCUT2D eigenvalue weighted by atomic mass is 9.72. The Hall–Kier alpha value is -1.55. The summed E-state index contributed by atoms with van der Waals surface area (Å²) < 4.78 is 5.20. The monoisotopic (exact) mass is 262 g/mol. The third-order valence-electron chi connectivity index (χ3n) is 4.06. The number of likely N-dealkylation sites (tertiary alicyclic amines) is 1. The lowest BCUT2D eigenvalue weighted by Gasteiger charge is -2.40. The van der Waals surface area contributed by atoms with Gasteiger partial charge in [-0.15, -0.1) is 0 Å². The van der Waals surface area contributed by atoms with E-state index in [1.807, 2.05) is 31.1 Å². The van der Waals surface area contributed by atoms with Crippen molar-refractivity contribution in [1.29, 1.82) is 0 Å². The maximum atomic E-state index is 12.1. The van der Waals surface area contributed by atoms with Gasteiger partial charge in [0, 0.05) is 32.0 Å². The highest BCUT2D eigenvalue weighted by atomic mass is 16.5. The van der Waals surface area contributed by atoms with Crippen molar-refractivity contribution in [2.45, 2.75) is 18.3 Å². The van der Waals surface area contributed by atoms with Crippen LogP contribution in [0.1, 0.15) is 18.4 Å². The lowest BCUT2D eigenvalue weighted by Crippen LogP contribution is -2.48. The second-order valence-electron chi connectivity index (χ2n) is 5.28. The smallest absolute Gasteiger partial charge is 0.223 e. The minimum atomic E-state index is -0.0926. The number of methoxy groups -OCH3 is 1. The van der Waals surface area contributed by atoms with E-state index in [-0.39, 0.29) is 11.3 Å². The Morgan fingerprint density at radius 3 is 2.58 bits per heavy atom. The van der Waals surface area contributed by atoms with Gasteiger partial charge < -0.3 is 15.0 Å². The van der Waals surface area contributed by atoms with E-state index in [4.69, 9.17) is 4.74 Å². The number of likely N-dealkylation sites (N-methyl/N-ethyl adjacent to an activating group) is 1. The zero-order valence-electron chi connectivity index (χ0n) is 11.9. The van der Waals surface area contributed by atoms with Crippen molar-refractivity contribution in [2.24, 2.45) is 0 Å². The zero-order valence-corrected chi connectivity index (χ0v) is 11.9. The molecule has 1 aliphatic heterocycles. The van der Waals surface area contributed by atoms with E-state index >= 15 is 0 Å². The Morgan fingerprint density at radius 1 is 1.37 bits per heavy atom. The molecule has 0 saturated carbocycles. The maximum Gasteiger partial charge on any atom is 0.223 e. The second kappa shape index (κ2) is 5.61. The van der Waals surface area contributed by atoms with Gasteiger partial charge in [0.05, 0.1) is 7.11 Å². The highest BCUT2D eigenvalue weighted by molar-refractivity contribution is 5.78. The predicted octanol–water partition coefficient (Wildman–Crippen LogP) is 1.40. The summed E-state index contributed by atoms with van der Waals surface area (Å²) in [6.07, 6.45) is 1.55. The van der Waals surface area contributed by atoms with Gasteiger partial charge in [-0.1, -0.05) is 12.1 Å². The largest absolute Gasteiger partial charge is 0.497 e. The summed E-state index contributed by atoms with van der Waals surface area (Å²) in [5, 5.41) is 3.24. The highest BCUT2D eigenvalue weighted by Crippen LogP contribution is 2.36. The van der Waals surface area contributed by atoms with E-state index in [1.165, 1.54) is 5.56 Å². The normalized spacial score (nSPS) is 23.5. The van der Waals surface area contributed by atoms with Crippen LogP contribution in [-0.2, 0) is 10.2 Å². The standard InChI is InChI=1S/C15H22N2O2/c1-16-11-15(8-9-17(2)14(18)10-15)12-4-6-13(19-3)7-5-12/h4-7,16H,8-11H2,1-3H3. The van der Waals surface area contributed by atoms with Crippen LogP contribution in [0, 0.1) is 0 Å². The number of piperidine rings is 1.